The summed E-state index contributed by atoms with van der Waals surface area (Å²) < 4.78 is 0. The quantitative estimate of drug-likeness (QED) is 0.587. The standard InChI is InChI=1S/C18H17NO3/c20-16-10-8-15(13-17(16)21)9-11-18(22)19-12-4-7-14-5-2-1-3-6-14/h1-11,13,20-21H,12H2,(H,19,22)/b7-4+,11-9+. The fourth-order valence-corrected chi connectivity index (χ4v) is 1.79. The van der Waals surface area contributed by atoms with E-state index in [2.05, 4.69) is 5.32 Å². The molecule has 0 atom stereocenters. The molecule has 0 aliphatic rings. The molecule has 22 heavy (non-hydrogen) atoms. The molecule has 2 aromatic carbocycles. The molecule has 4 nitrogen and oxygen atoms in total. The summed E-state index contributed by atoms with van der Waals surface area (Å²) in [5.74, 6) is -0.633. The third kappa shape index (κ3) is 4.83. The molecule has 0 saturated heterocycles. The summed E-state index contributed by atoms with van der Waals surface area (Å²) in [4.78, 5) is 11.6. The van der Waals surface area contributed by atoms with Crippen molar-refractivity contribution >= 4 is 18.1 Å². The number of nitrogens with one attached hydrogen (secondary N) is 1. The number of hydrogen-bond acceptors (Lipinski definition) is 3. The van der Waals surface area contributed by atoms with Crippen molar-refractivity contribution in [1.82, 2.24) is 5.32 Å². The first-order chi connectivity index (χ1) is 10.6. The highest BCUT2D eigenvalue weighted by atomic mass is 16.3. The normalized spacial score (nSPS) is 11.1. The first-order valence-corrected chi connectivity index (χ1v) is 6.84. The van der Waals surface area contributed by atoms with Crippen molar-refractivity contribution in [2.24, 2.45) is 0 Å². The van der Waals surface area contributed by atoms with Crippen LogP contribution in [-0.4, -0.2) is 22.7 Å². The molecular weight excluding hydrogens is 278 g/mol. The van der Waals surface area contributed by atoms with Crippen LogP contribution in [-0.2, 0) is 4.79 Å². The smallest absolute Gasteiger partial charge is 0.244 e. The first kappa shape index (κ1) is 15.4. The van der Waals surface area contributed by atoms with Crippen LogP contribution in [0.2, 0.25) is 0 Å². The van der Waals surface area contributed by atoms with E-state index in [0.717, 1.165) is 5.56 Å². The molecule has 0 spiro atoms. The van der Waals surface area contributed by atoms with Crippen molar-refractivity contribution in [2.75, 3.05) is 6.54 Å². The zero-order valence-corrected chi connectivity index (χ0v) is 11.9. The number of phenolic OH excluding ortho intramolecular Hbond substituents is 2. The predicted molar refractivity (Wildman–Crippen MR) is 87.3 cm³/mol. The molecule has 0 saturated carbocycles. The lowest BCUT2D eigenvalue weighted by atomic mass is 10.2. The van der Waals surface area contributed by atoms with Gasteiger partial charge in [-0.2, -0.15) is 0 Å². The first-order valence-electron chi connectivity index (χ1n) is 6.84. The third-order valence-electron chi connectivity index (χ3n) is 2.93. The Kier molecular flexibility index (Phi) is 5.37. The van der Waals surface area contributed by atoms with Gasteiger partial charge < -0.3 is 15.5 Å². The minimum Gasteiger partial charge on any atom is -0.504 e. The highest BCUT2D eigenvalue weighted by molar-refractivity contribution is 5.91. The van der Waals surface area contributed by atoms with E-state index in [4.69, 9.17) is 0 Å². The van der Waals surface area contributed by atoms with Gasteiger partial charge in [0.2, 0.25) is 5.91 Å². The van der Waals surface area contributed by atoms with Crippen molar-refractivity contribution in [3.05, 3.63) is 71.8 Å². The predicted octanol–water partition coefficient (Wildman–Crippen LogP) is 2.94. The monoisotopic (exact) mass is 295 g/mol. The Bertz CT molecular complexity index is 691. The van der Waals surface area contributed by atoms with Crippen LogP contribution in [0.3, 0.4) is 0 Å². The van der Waals surface area contributed by atoms with E-state index in [-0.39, 0.29) is 17.4 Å². The molecule has 2 rings (SSSR count). The van der Waals surface area contributed by atoms with Gasteiger partial charge in [-0.05, 0) is 29.3 Å². The zero-order valence-electron chi connectivity index (χ0n) is 11.9. The Hall–Kier alpha value is -3.01. The van der Waals surface area contributed by atoms with Gasteiger partial charge in [0, 0.05) is 12.6 Å². The van der Waals surface area contributed by atoms with Crippen molar-refractivity contribution in [3.8, 4) is 11.5 Å². The second-order valence-corrected chi connectivity index (χ2v) is 4.64. The van der Waals surface area contributed by atoms with Gasteiger partial charge in [0.1, 0.15) is 0 Å². The Labute approximate surface area is 129 Å². The summed E-state index contributed by atoms with van der Waals surface area (Å²) in [7, 11) is 0. The Morgan fingerprint density at radius 3 is 2.45 bits per heavy atom. The van der Waals surface area contributed by atoms with Gasteiger partial charge in [-0.3, -0.25) is 4.79 Å². The van der Waals surface area contributed by atoms with Gasteiger partial charge in [0.25, 0.3) is 0 Å². The van der Waals surface area contributed by atoms with Gasteiger partial charge in [0.05, 0.1) is 0 Å². The molecule has 0 unspecified atom stereocenters. The average molecular weight is 295 g/mol. The summed E-state index contributed by atoms with van der Waals surface area (Å²) in [6, 6.07) is 14.2. The summed E-state index contributed by atoms with van der Waals surface area (Å²) in [5.41, 5.74) is 1.71. The Morgan fingerprint density at radius 1 is 0.955 bits per heavy atom. The van der Waals surface area contributed by atoms with Crippen LogP contribution < -0.4 is 5.32 Å². The van der Waals surface area contributed by atoms with E-state index < -0.39 is 0 Å². The highest BCUT2D eigenvalue weighted by Crippen LogP contribution is 2.25. The molecular formula is C18H17NO3. The lowest BCUT2D eigenvalue weighted by Gasteiger charge is -1.99. The number of phenols is 2. The topological polar surface area (TPSA) is 69.6 Å². The second kappa shape index (κ2) is 7.69. The number of rotatable bonds is 5. The van der Waals surface area contributed by atoms with Crippen LogP contribution >= 0.6 is 0 Å². The zero-order chi connectivity index (χ0) is 15.8. The Balaban J connectivity index is 1.81. The maximum absolute atomic E-state index is 11.6. The van der Waals surface area contributed by atoms with Crippen molar-refractivity contribution in [3.63, 3.8) is 0 Å². The molecule has 112 valence electrons. The van der Waals surface area contributed by atoms with Gasteiger partial charge in [-0.1, -0.05) is 48.6 Å². The number of hydrogen-bond donors (Lipinski definition) is 3. The maximum atomic E-state index is 11.6. The number of aromatic hydroxyl groups is 2. The minimum absolute atomic E-state index is 0.187. The largest absolute Gasteiger partial charge is 0.504 e. The summed E-state index contributed by atoms with van der Waals surface area (Å²) in [5, 5.41) is 21.3. The fourth-order valence-electron chi connectivity index (χ4n) is 1.79. The van der Waals surface area contributed by atoms with Gasteiger partial charge in [0.15, 0.2) is 11.5 Å². The number of amides is 1. The van der Waals surface area contributed by atoms with Crippen LogP contribution in [0, 0.1) is 0 Å². The van der Waals surface area contributed by atoms with Gasteiger partial charge in [-0.25, -0.2) is 0 Å². The lowest BCUT2D eigenvalue weighted by Crippen LogP contribution is -2.20. The van der Waals surface area contributed by atoms with Crippen molar-refractivity contribution < 1.29 is 15.0 Å². The molecule has 4 heteroatoms. The van der Waals surface area contributed by atoms with E-state index >= 15 is 0 Å². The van der Waals surface area contributed by atoms with Crippen LogP contribution in [0.25, 0.3) is 12.2 Å². The summed E-state index contributed by atoms with van der Waals surface area (Å²) in [6.45, 7) is 0.429. The minimum atomic E-state index is -0.231. The molecule has 3 N–H and O–H groups in total. The molecule has 0 fully saturated rings. The maximum Gasteiger partial charge on any atom is 0.244 e. The summed E-state index contributed by atoms with van der Waals surface area (Å²) in [6.07, 6.45) is 6.74. The van der Waals surface area contributed by atoms with E-state index in [1.807, 2.05) is 42.5 Å². The number of carbonyl (C=O) groups is 1. The molecule has 1 amide bonds. The molecule has 0 bridgehead atoms. The van der Waals surface area contributed by atoms with Crippen LogP contribution in [0.1, 0.15) is 11.1 Å². The molecule has 0 radical (unpaired) electrons. The fraction of sp³-hybridized carbons (Fsp3) is 0.0556. The van der Waals surface area contributed by atoms with Gasteiger partial charge in [-0.15, -0.1) is 0 Å². The van der Waals surface area contributed by atoms with E-state index in [1.54, 1.807) is 12.1 Å². The highest BCUT2D eigenvalue weighted by Gasteiger charge is 1.98. The number of carbonyl (C=O) groups excluding carboxylic acids is 1. The summed E-state index contributed by atoms with van der Waals surface area (Å²) >= 11 is 0. The Morgan fingerprint density at radius 2 is 1.73 bits per heavy atom. The van der Waals surface area contributed by atoms with Crippen LogP contribution in [0.15, 0.2) is 60.7 Å². The SMILES string of the molecule is O=C(/C=C/c1ccc(O)c(O)c1)NC/C=C/c1ccccc1. The van der Waals surface area contributed by atoms with Crippen molar-refractivity contribution in [2.45, 2.75) is 0 Å². The molecule has 0 aliphatic carbocycles. The molecule has 0 aliphatic heterocycles. The second-order valence-electron chi connectivity index (χ2n) is 4.64. The molecule has 0 heterocycles. The molecule has 0 aromatic heterocycles. The van der Waals surface area contributed by atoms with E-state index in [0.29, 0.717) is 12.1 Å². The average Bonchev–Trinajstić information content (AvgIpc) is 2.54. The molecule has 2 aromatic rings. The lowest BCUT2D eigenvalue weighted by molar-refractivity contribution is -0.116. The van der Waals surface area contributed by atoms with Crippen LogP contribution in [0.5, 0.6) is 11.5 Å². The number of benzene rings is 2. The van der Waals surface area contributed by atoms with Crippen LogP contribution in [0.4, 0.5) is 0 Å². The van der Waals surface area contributed by atoms with Crippen molar-refractivity contribution in [1.29, 1.82) is 0 Å². The van der Waals surface area contributed by atoms with Gasteiger partial charge >= 0.3 is 0 Å². The van der Waals surface area contributed by atoms with E-state index in [1.165, 1.54) is 18.2 Å². The van der Waals surface area contributed by atoms with E-state index in [9.17, 15) is 15.0 Å². The third-order valence-corrected chi connectivity index (χ3v) is 2.93.